The molecule has 0 bridgehead atoms. The summed E-state index contributed by atoms with van der Waals surface area (Å²) in [4.78, 5) is 22.7. The highest BCUT2D eigenvalue weighted by molar-refractivity contribution is 7.13. The second-order valence-corrected chi connectivity index (χ2v) is 5.07. The second-order valence-electron chi connectivity index (χ2n) is 4.01. The molecule has 1 unspecified atom stereocenters. The molecule has 17 heavy (non-hydrogen) atoms. The molecule has 0 fully saturated rings. The number of nitrogens with zero attached hydrogens (tertiary/aromatic N) is 1. The Morgan fingerprint density at radius 3 is 2.71 bits per heavy atom. The summed E-state index contributed by atoms with van der Waals surface area (Å²) in [6.45, 7) is 0.923. The van der Waals surface area contributed by atoms with Crippen LogP contribution in [0.1, 0.15) is 6.92 Å². The zero-order valence-electron chi connectivity index (χ0n) is 9.08. The van der Waals surface area contributed by atoms with Crippen LogP contribution in [0.5, 0.6) is 0 Å². The number of aromatic nitrogens is 1. The van der Waals surface area contributed by atoms with Crippen molar-refractivity contribution < 1.29 is 15.0 Å². The molecule has 1 aromatic heterocycles. The van der Waals surface area contributed by atoms with Crippen molar-refractivity contribution in [3.05, 3.63) is 34.6 Å². The average molecular weight is 253 g/mol. The van der Waals surface area contributed by atoms with E-state index in [0.29, 0.717) is 5.39 Å². The van der Waals surface area contributed by atoms with Gasteiger partial charge in [0, 0.05) is 0 Å². The van der Waals surface area contributed by atoms with Crippen molar-refractivity contribution >= 4 is 27.6 Å². The lowest BCUT2D eigenvalue weighted by Gasteiger charge is -2.16. The van der Waals surface area contributed by atoms with Gasteiger partial charge in [0.15, 0.2) is 5.60 Å². The van der Waals surface area contributed by atoms with Gasteiger partial charge in [-0.1, -0.05) is 23.7 Å². The van der Waals surface area contributed by atoms with Gasteiger partial charge in [-0.3, -0.25) is 8.75 Å². The van der Waals surface area contributed by atoms with Gasteiger partial charge in [-0.25, -0.2) is 4.79 Å². The first kappa shape index (κ1) is 11.8. The van der Waals surface area contributed by atoms with E-state index in [1.54, 1.807) is 24.3 Å². The molecule has 0 amide bonds. The van der Waals surface area contributed by atoms with Crippen molar-refractivity contribution in [2.75, 3.05) is 0 Å². The van der Waals surface area contributed by atoms with E-state index >= 15 is 0 Å². The molecule has 2 rings (SSSR count). The predicted octanol–water partition coefficient (Wildman–Crippen LogP) is 0.899. The highest BCUT2D eigenvalue weighted by Crippen LogP contribution is 2.18. The first-order chi connectivity index (χ1) is 7.92. The van der Waals surface area contributed by atoms with Gasteiger partial charge in [-0.05, 0) is 19.1 Å². The van der Waals surface area contributed by atoms with E-state index in [-0.39, 0.29) is 12.1 Å². The highest BCUT2D eigenvalue weighted by atomic mass is 32.1. The van der Waals surface area contributed by atoms with E-state index in [2.05, 4.69) is 0 Å². The smallest absolute Gasteiger partial charge is 0.337 e. The summed E-state index contributed by atoms with van der Waals surface area (Å²) < 4.78 is 2.04. The molecule has 2 aromatic rings. The molecule has 5 nitrogen and oxygen atoms in total. The lowest BCUT2D eigenvalue weighted by atomic mass is 10.1. The fraction of sp³-hybridized carbons (Fsp3) is 0.273. The van der Waals surface area contributed by atoms with Crippen LogP contribution in [0.4, 0.5) is 0 Å². The number of carboxylic acid groups (broad SMARTS) is 1. The fourth-order valence-electron chi connectivity index (χ4n) is 1.47. The summed E-state index contributed by atoms with van der Waals surface area (Å²) in [5, 5.41) is 19.0. The van der Waals surface area contributed by atoms with Gasteiger partial charge in [-0.2, -0.15) is 0 Å². The molecule has 1 atom stereocenters. The normalized spacial score (nSPS) is 14.7. The Morgan fingerprint density at radius 1 is 1.47 bits per heavy atom. The Hall–Kier alpha value is -1.66. The van der Waals surface area contributed by atoms with Crippen molar-refractivity contribution in [2.24, 2.45) is 0 Å². The number of benzene rings is 1. The summed E-state index contributed by atoms with van der Waals surface area (Å²) in [6, 6.07) is 7.02. The van der Waals surface area contributed by atoms with Gasteiger partial charge >= 0.3 is 5.97 Å². The van der Waals surface area contributed by atoms with Gasteiger partial charge in [0.1, 0.15) is 0 Å². The van der Waals surface area contributed by atoms with Crippen molar-refractivity contribution in [1.29, 1.82) is 0 Å². The van der Waals surface area contributed by atoms with Gasteiger partial charge in [-0.15, -0.1) is 0 Å². The molecule has 2 N–H and O–H groups in total. The van der Waals surface area contributed by atoms with Crippen LogP contribution in [-0.2, 0) is 11.3 Å². The highest BCUT2D eigenvalue weighted by Gasteiger charge is 2.31. The molecule has 6 heteroatoms. The minimum Gasteiger partial charge on any atom is -0.479 e. The Morgan fingerprint density at radius 2 is 2.12 bits per heavy atom. The maximum absolute atomic E-state index is 11.9. The van der Waals surface area contributed by atoms with Gasteiger partial charge in [0.25, 0.3) is 5.56 Å². The largest absolute Gasteiger partial charge is 0.479 e. The zero-order valence-corrected chi connectivity index (χ0v) is 9.90. The molecule has 0 saturated heterocycles. The third-order valence-corrected chi connectivity index (χ3v) is 3.53. The second kappa shape index (κ2) is 3.97. The molecule has 0 spiro atoms. The number of fused-ring (bicyclic) bond motifs is 1. The average Bonchev–Trinajstić information content (AvgIpc) is 2.56. The number of carboxylic acids is 1. The van der Waals surface area contributed by atoms with E-state index in [0.717, 1.165) is 16.2 Å². The Kier molecular flexibility index (Phi) is 2.76. The molecule has 0 aliphatic rings. The standard InChI is InChI=1S/C11H11NO4S/c1-11(16,10(14)15)6-12-9(13)7-4-2-3-5-8(7)17-12/h2-5,16H,6H2,1H3,(H,14,15). The summed E-state index contributed by atoms with van der Waals surface area (Å²) in [7, 11) is 0. The van der Waals surface area contributed by atoms with Crippen LogP contribution in [0.3, 0.4) is 0 Å². The van der Waals surface area contributed by atoms with E-state index in [9.17, 15) is 14.7 Å². The van der Waals surface area contributed by atoms with Crippen LogP contribution in [0.2, 0.25) is 0 Å². The van der Waals surface area contributed by atoms with Gasteiger partial charge in [0.2, 0.25) is 0 Å². The maximum Gasteiger partial charge on any atom is 0.337 e. The Balaban J connectivity index is 2.47. The van der Waals surface area contributed by atoms with Crippen molar-refractivity contribution in [1.82, 2.24) is 3.96 Å². The maximum atomic E-state index is 11.9. The summed E-state index contributed by atoms with van der Waals surface area (Å²) in [5.74, 6) is -1.35. The van der Waals surface area contributed by atoms with Crippen LogP contribution in [0.15, 0.2) is 29.1 Å². The number of hydrogen-bond donors (Lipinski definition) is 2. The monoisotopic (exact) mass is 253 g/mol. The number of aliphatic hydroxyl groups is 1. The van der Waals surface area contributed by atoms with Crippen LogP contribution in [0.25, 0.3) is 10.1 Å². The minimum atomic E-state index is -1.94. The number of hydrogen-bond acceptors (Lipinski definition) is 4. The van der Waals surface area contributed by atoms with E-state index in [1.807, 2.05) is 0 Å². The van der Waals surface area contributed by atoms with Gasteiger partial charge < -0.3 is 10.2 Å². The van der Waals surface area contributed by atoms with Crippen molar-refractivity contribution in [3.63, 3.8) is 0 Å². The van der Waals surface area contributed by atoms with Gasteiger partial charge in [0.05, 0.1) is 16.6 Å². The molecule has 1 aromatic carbocycles. The lowest BCUT2D eigenvalue weighted by Crippen LogP contribution is -2.40. The minimum absolute atomic E-state index is 0.249. The van der Waals surface area contributed by atoms with E-state index < -0.39 is 11.6 Å². The molecular weight excluding hydrogens is 242 g/mol. The predicted molar refractivity (Wildman–Crippen MR) is 64.3 cm³/mol. The van der Waals surface area contributed by atoms with Crippen LogP contribution in [-0.4, -0.2) is 25.7 Å². The summed E-state index contributed by atoms with van der Waals surface area (Å²) >= 11 is 1.15. The molecule has 0 radical (unpaired) electrons. The third-order valence-electron chi connectivity index (χ3n) is 2.46. The Bertz CT molecular complexity index is 626. The topological polar surface area (TPSA) is 79.5 Å². The molecule has 0 aliphatic carbocycles. The van der Waals surface area contributed by atoms with Crippen LogP contribution in [0, 0.1) is 0 Å². The van der Waals surface area contributed by atoms with E-state index in [4.69, 9.17) is 5.11 Å². The summed E-state index contributed by atoms with van der Waals surface area (Å²) in [6.07, 6.45) is 0. The molecule has 0 saturated carbocycles. The first-order valence-electron chi connectivity index (χ1n) is 4.96. The number of aliphatic carboxylic acids is 1. The third kappa shape index (κ3) is 2.09. The first-order valence-corrected chi connectivity index (χ1v) is 5.74. The van der Waals surface area contributed by atoms with Crippen LogP contribution < -0.4 is 5.56 Å². The molecule has 0 aliphatic heterocycles. The van der Waals surface area contributed by atoms with Crippen molar-refractivity contribution in [3.8, 4) is 0 Å². The lowest BCUT2D eigenvalue weighted by molar-refractivity contribution is -0.157. The SMILES string of the molecule is CC(O)(Cn1sc2ccccc2c1=O)C(=O)O. The van der Waals surface area contributed by atoms with Crippen LogP contribution >= 0.6 is 11.5 Å². The van der Waals surface area contributed by atoms with E-state index in [1.165, 1.54) is 10.9 Å². The fourth-order valence-corrected chi connectivity index (χ4v) is 2.60. The quantitative estimate of drug-likeness (QED) is 0.851. The number of rotatable bonds is 3. The molecule has 90 valence electrons. The summed E-state index contributed by atoms with van der Waals surface area (Å²) in [5.41, 5.74) is -2.21. The molecule has 1 heterocycles. The number of carbonyl (C=O) groups is 1. The van der Waals surface area contributed by atoms with Crippen molar-refractivity contribution in [2.45, 2.75) is 19.1 Å². The molecular formula is C11H11NO4S. The zero-order chi connectivity index (χ0) is 12.6. The Labute approximate surface area is 101 Å².